The number of nitriles is 3. The smallest absolute Gasteiger partial charge is 0.181 e. The van der Waals surface area contributed by atoms with E-state index in [1.54, 1.807) is 18.2 Å². The second kappa shape index (κ2) is 4.22. The van der Waals surface area contributed by atoms with Gasteiger partial charge >= 0.3 is 0 Å². The third kappa shape index (κ3) is 1.47. The number of nitrogens with zero attached hydrogens (tertiary/aromatic N) is 4. The van der Waals surface area contributed by atoms with Crippen molar-refractivity contribution in [3.8, 4) is 18.2 Å². The Labute approximate surface area is 80.4 Å². The molecule has 1 aromatic rings. The molecule has 0 saturated carbocycles. The van der Waals surface area contributed by atoms with Crippen LogP contribution in [0.25, 0.3) is 0 Å². The maximum Gasteiger partial charge on any atom is 0.181 e. The fourth-order valence-electron chi connectivity index (χ4n) is 0.613. The van der Waals surface area contributed by atoms with Gasteiger partial charge in [-0.2, -0.15) is 20.9 Å². The maximum absolute atomic E-state index is 8.44. The summed E-state index contributed by atoms with van der Waals surface area (Å²) in [6, 6.07) is 5.10. The van der Waals surface area contributed by atoms with E-state index in [0.717, 1.165) is 0 Å². The molecule has 1 rings (SSSR count). The molecule has 0 spiro atoms. The average Bonchev–Trinajstić information content (AvgIpc) is 2.45. The molecule has 0 fully saturated rings. The predicted octanol–water partition coefficient (Wildman–Crippen LogP) is -0.356. The van der Waals surface area contributed by atoms with Crippen LogP contribution < -0.4 is 0 Å². The normalized spacial score (nSPS) is 7.08. The third-order valence-corrected chi connectivity index (χ3v) is 1.10. The topological polar surface area (TPSA) is 100 Å². The minimum atomic E-state index is -0.0379. The minimum Gasteiger partial charge on any atom is -0.265 e. The average molecular weight is 150 g/mol. The Balaban J connectivity index is 0.00000121. The van der Waals surface area contributed by atoms with Gasteiger partial charge in [-0.15, -0.1) is 0 Å². The van der Waals surface area contributed by atoms with Crippen molar-refractivity contribution in [2.75, 3.05) is 0 Å². The van der Waals surface area contributed by atoms with E-state index in [1.165, 1.54) is 0 Å². The summed E-state index contributed by atoms with van der Waals surface area (Å²) in [7, 11) is 0. The summed E-state index contributed by atoms with van der Waals surface area (Å²) in [4.78, 5) is 0. The van der Waals surface area contributed by atoms with Crippen LogP contribution in [-0.2, 0) is 0 Å². The van der Waals surface area contributed by atoms with E-state index in [0.29, 0.717) is 0 Å². The molecule has 12 heavy (non-hydrogen) atoms. The zero-order chi connectivity index (χ0) is 8.27. The Kier molecular flexibility index (Phi) is 3.61. The van der Waals surface area contributed by atoms with Gasteiger partial charge < -0.3 is 0 Å². The van der Waals surface area contributed by atoms with Gasteiger partial charge in [0.1, 0.15) is 23.8 Å². The molecule has 0 saturated heterocycles. The van der Waals surface area contributed by atoms with Gasteiger partial charge in [0, 0.05) is 18.9 Å². The molecule has 0 atom stereocenters. The van der Waals surface area contributed by atoms with E-state index in [1.807, 2.05) is 0 Å². The minimum absolute atomic E-state index is 0. The molecule has 51 valence electrons. The molecule has 1 heterocycles. The molecule has 0 unspecified atom stereocenters. The fourth-order valence-corrected chi connectivity index (χ4v) is 0.613. The number of hydrogen-bond donors (Lipinski definition) is 1. The van der Waals surface area contributed by atoms with Gasteiger partial charge in [-0.3, -0.25) is 5.10 Å². The van der Waals surface area contributed by atoms with Crippen LogP contribution in [0.3, 0.4) is 0 Å². The molecule has 1 aromatic heterocycles. The second-order valence-corrected chi connectivity index (χ2v) is 1.66. The first-order valence-electron chi connectivity index (χ1n) is 2.62. The first kappa shape index (κ1) is 10.3. The van der Waals surface area contributed by atoms with Crippen molar-refractivity contribution in [2.24, 2.45) is 0 Å². The molecule has 0 amide bonds. The Morgan fingerprint density at radius 3 is 2.17 bits per heavy atom. The van der Waals surface area contributed by atoms with E-state index in [4.69, 9.17) is 15.8 Å². The Morgan fingerprint density at radius 2 is 1.75 bits per heavy atom. The van der Waals surface area contributed by atoms with Crippen molar-refractivity contribution in [1.29, 1.82) is 15.8 Å². The molecule has 1 N–H and O–H groups in total. The van der Waals surface area contributed by atoms with Gasteiger partial charge in [-0.05, 0) is 0 Å². The molecule has 0 bridgehead atoms. The zero-order valence-electron chi connectivity index (χ0n) is 6.29. The summed E-state index contributed by atoms with van der Waals surface area (Å²) in [5.74, 6) is 0. The van der Waals surface area contributed by atoms with Crippen LogP contribution in [0.5, 0.6) is 0 Å². The quantitative estimate of drug-likeness (QED) is 0.510. The monoisotopic (exact) mass is 150 g/mol. The summed E-state index contributed by atoms with van der Waals surface area (Å²) >= 11 is 0. The van der Waals surface area contributed by atoms with Crippen LogP contribution in [0.1, 0.15) is 17.0 Å². The number of hydrogen-bond acceptors (Lipinski definition) is 4. The summed E-state index contributed by atoms with van der Waals surface area (Å²) in [6.07, 6.45) is 0. The van der Waals surface area contributed by atoms with Crippen LogP contribution >= 0.6 is 0 Å². The van der Waals surface area contributed by atoms with Gasteiger partial charge in [0.2, 0.25) is 0 Å². The Hall–Kier alpha value is -1.72. The van der Waals surface area contributed by atoms with E-state index < -0.39 is 0 Å². The first-order chi connectivity index (χ1) is 5.33. The predicted molar refractivity (Wildman–Crippen MR) is 38.5 cm³/mol. The van der Waals surface area contributed by atoms with Gasteiger partial charge in [-0.25, -0.2) is 0 Å². The van der Waals surface area contributed by atoms with Crippen molar-refractivity contribution < 1.29 is 0 Å². The maximum atomic E-state index is 8.44. The fraction of sp³-hybridized carbons (Fsp3) is 0. The van der Waals surface area contributed by atoms with E-state index in [-0.39, 0.29) is 35.8 Å². The van der Waals surface area contributed by atoms with Crippen LogP contribution in [0, 0.1) is 34.0 Å². The van der Waals surface area contributed by atoms with Crippen LogP contribution in [0.4, 0.5) is 0 Å². The molecule has 0 aliphatic rings. The number of rotatable bonds is 0. The van der Waals surface area contributed by atoms with Crippen molar-refractivity contribution in [2.45, 2.75) is 0 Å². The molecule has 0 aliphatic heterocycles. The summed E-state index contributed by atoms with van der Waals surface area (Å²) < 4.78 is 0. The SMILES string of the molecule is N#Cc1n[nH]c(C#N)c1C#N.[Li]. The summed E-state index contributed by atoms with van der Waals surface area (Å²) in [5, 5.41) is 30.9. The Morgan fingerprint density at radius 1 is 1.08 bits per heavy atom. The van der Waals surface area contributed by atoms with E-state index >= 15 is 0 Å². The van der Waals surface area contributed by atoms with Crippen molar-refractivity contribution in [3.63, 3.8) is 0 Å². The standard InChI is InChI=1S/C6HN5.Li/c7-1-4-5(2-8)10-11-6(4)3-9;/h(H,10,11);. The van der Waals surface area contributed by atoms with Gasteiger partial charge in [0.05, 0.1) is 0 Å². The van der Waals surface area contributed by atoms with Crippen molar-refractivity contribution >= 4 is 18.9 Å². The second-order valence-electron chi connectivity index (χ2n) is 1.66. The van der Waals surface area contributed by atoms with Crippen LogP contribution in [0.2, 0.25) is 0 Å². The molecule has 0 aromatic carbocycles. The third-order valence-electron chi connectivity index (χ3n) is 1.10. The number of aromatic nitrogens is 2. The summed E-state index contributed by atoms with van der Waals surface area (Å²) in [6.45, 7) is 0. The van der Waals surface area contributed by atoms with E-state index in [9.17, 15) is 0 Å². The van der Waals surface area contributed by atoms with Crippen LogP contribution in [0.15, 0.2) is 0 Å². The summed E-state index contributed by atoms with van der Waals surface area (Å²) in [5.41, 5.74) is 0.00287. The number of nitrogens with one attached hydrogen (secondary N) is 1. The molecular weight excluding hydrogens is 149 g/mol. The Bertz CT molecular complexity index is 368. The molecule has 6 heteroatoms. The van der Waals surface area contributed by atoms with Crippen molar-refractivity contribution in [1.82, 2.24) is 10.2 Å². The van der Waals surface area contributed by atoms with Crippen LogP contribution in [-0.4, -0.2) is 29.1 Å². The number of H-pyrrole nitrogens is 1. The van der Waals surface area contributed by atoms with Gasteiger partial charge in [-0.1, -0.05) is 0 Å². The number of aromatic amines is 1. The molecular formula is C6HLiN5. The molecule has 1 radical (unpaired) electrons. The van der Waals surface area contributed by atoms with Crippen molar-refractivity contribution in [3.05, 3.63) is 17.0 Å². The van der Waals surface area contributed by atoms with Gasteiger partial charge in [0.25, 0.3) is 0 Å². The first-order valence-corrected chi connectivity index (χ1v) is 2.62. The molecule has 5 nitrogen and oxygen atoms in total. The zero-order valence-corrected chi connectivity index (χ0v) is 6.29. The van der Waals surface area contributed by atoms with Gasteiger partial charge in [0.15, 0.2) is 11.4 Å². The van der Waals surface area contributed by atoms with E-state index in [2.05, 4.69) is 10.2 Å². The largest absolute Gasteiger partial charge is 0.265 e. The molecule has 0 aliphatic carbocycles.